The molecule has 0 spiro atoms. The first-order valence-corrected chi connectivity index (χ1v) is 6.68. The highest BCUT2D eigenvalue weighted by Crippen LogP contribution is 2.27. The predicted molar refractivity (Wildman–Crippen MR) is 75.2 cm³/mol. The van der Waals surface area contributed by atoms with Gasteiger partial charge >= 0.3 is 0 Å². The second kappa shape index (κ2) is 6.45. The molecule has 0 aliphatic rings. The maximum absolute atomic E-state index is 13.8. The Morgan fingerprint density at radius 3 is 2.79 bits per heavy atom. The van der Waals surface area contributed by atoms with Crippen LogP contribution in [0, 0.1) is 5.82 Å². The van der Waals surface area contributed by atoms with Gasteiger partial charge in [-0.05, 0) is 23.8 Å². The summed E-state index contributed by atoms with van der Waals surface area (Å²) in [6, 6.07) is 4.67. The number of aliphatic hydroxyl groups is 1. The first-order chi connectivity index (χ1) is 8.77. The smallest absolute Gasteiger partial charge is 0.250 e. The summed E-state index contributed by atoms with van der Waals surface area (Å²) < 4.78 is 14.6. The van der Waals surface area contributed by atoms with Crippen molar-refractivity contribution in [3.63, 3.8) is 0 Å². The minimum absolute atomic E-state index is 0.141. The molecule has 0 radical (unpaired) electrons. The Morgan fingerprint density at radius 2 is 2.21 bits per heavy atom. The average molecular weight is 333 g/mol. The van der Waals surface area contributed by atoms with Gasteiger partial charge in [-0.3, -0.25) is 4.79 Å². The highest BCUT2D eigenvalue weighted by molar-refractivity contribution is 9.10. The van der Waals surface area contributed by atoms with Crippen molar-refractivity contribution in [1.82, 2.24) is 5.32 Å². The fraction of sp³-hybridized carbons (Fsp3) is 0.462. The van der Waals surface area contributed by atoms with Gasteiger partial charge in [-0.15, -0.1) is 0 Å². The standard InChI is InChI=1S/C13H18BrFN2O2/c1-13(2,7-17-12(19)11(18)6-16)9-5-8(14)3-4-10(9)15/h3-5,11,18H,6-7,16H2,1-2H3,(H,17,19). The van der Waals surface area contributed by atoms with E-state index in [2.05, 4.69) is 21.2 Å². The first kappa shape index (κ1) is 16.1. The molecule has 0 aliphatic carbocycles. The second-order valence-corrected chi connectivity index (χ2v) is 5.89. The van der Waals surface area contributed by atoms with Crippen LogP contribution in [0.25, 0.3) is 0 Å². The highest BCUT2D eigenvalue weighted by atomic mass is 79.9. The molecule has 4 nitrogen and oxygen atoms in total. The van der Waals surface area contributed by atoms with Crippen molar-refractivity contribution in [3.8, 4) is 0 Å². The molecule has 1 aromatic rings. The van der Waals surface area contributed by atoms with Crippen molar-refractivity contribution in [1.29, 1.82) is 0 Å². The third-order valence-corrected chi connectivity index (χ3v) is 3.38. The Morgan fingerprint density at radius 1 is 1.58 bits per heavy atom. The number of hydrogen-bond donors (Lipinski definition) is 3. The highest BCUT2D eigenvalue weighted by Gasteiger charge is 2.26. The van der Waals surface area contributed by atoms with E-state index in [1.165, 1.54) is 6.07 Å². The van der Waals surface area contributed by atoms with Gasteiger partial charge < -0.3 is 16.2 Å². The summed E-state index contributed by atoms with van der Waals surface area (Å²) in [5.41, 5.74) is 5.08. The number of aliphatic hydroxyl groups excluding tert-OH is 1. The van der Waals surface area contributed by atoms with Gasteiger partial charge in [0.15, 0.2) is 0 Å². The van der Waals surface area contributed by atoms with Crippen LogP contribution in [0.15, 0.2) is 22.7 Å². The number of hydrogen-bond acceptors (Lipinski definition) is 3. The fourth-order valence-corrected chi connectivity index (χ4v) is 2.01. The minimum atomic E-state index is -1.23. The third-order valence-electron chi connectivity index (χ3n) is 2.89. The number of halogens is 2. The fourth-order valence-electron chi connectivity index (χ4n) is 1.64. The SMILES string of the molecule is CC(C)(CNC(=O)C(O)CN)c1cc(Br)ccc1F. The Bertz CT molecular complexity index is 466. The molecule has 1 atom stereocenters. The number of carbonyl (C=O) groups is 1. The molecule has 1 unspecified atom stereocenters. The van der Waals surface area contributed by atoms with E-state index in [0.29, 0.717) is 5.56 Å². The molecular weight excluding hydrogens is 315 g/mol. The lowest BCUT2D eigenvalue weighted by molar-refractivity contribution is -0.129. The summed E-state index contributed by atoms with van der Waals surface area (Å²) in [6.07, 6.45) is -1.23. The summed E-state index contributed by atoms with van der Waals surface area (Å²) in [5, 5.41) is 11.8. The van der Waals surface area contributed by atoms with Crippen LogP contribution in [0.5, 0.6) is 0 Å². The Balaban J connectivity index is 2.81. The summed E-state index contributed by atoms with van der Waals surface area (Å²) in [6.45, 7) is 3.69. The van der Waals surface area contributed by atoms with Gasteiger partial charge in [0.1, 0.15) is 11.9 Å². The van der Waals surface area contributed by atoms with Crippen LogP contribution in [-0.4, -0.2) is 30.2 Å². The molecule has 0 saturated carbocycles. The van der Waals surface area contributed by atoms with E-state index < -0.39 is 17.4 Å². The maximum atomic E-state index is 13.8. The lowest BCUT2D eigenvalue weighted by Crippen LogP contribution is -2.44. The number of amides is 1. The molecule has 0 fully saturated rings. The summed E-state index contributed by atoms with van der Waals surface area (Å²) in [5.74, 6) is -0.882. The van der Waals surface area contributed by atoms with Crippen LogP contribution < -0.4 is 11.1 Å². The summed E-state index contributed by atoms with van der Waals surface area (Å²) in [7, 11) is 0. The second-order valence-electron chi connectivity index (χ2n) is 4.98. The van der Waals surface area contributed by atoms with Crippen molar-refractivity contribution in [2.75, 3.05) is 13.1 Å². The lowest BCUT2D eigenvalue weighted by atomic mass is 9.84. The molecule has 4 N–H and O–H groups in total. The number of nitrogens with two attached hydrogens (primary N) is 1. The van der Waals surface area contributed by atoms with Gasteiger partial charge in [-0.25, -0.2) is 4.39 Å². The normalized spacial score (nSPS) is 13.2. The molecule has 0 bridgehead atoms. The molecule has 0 aliphatic heterocycles. The van der Waals surface area contributed by atoms with Crippen LogP contribution in [0.2, 0.25) is 0 Å². The van der Waals surface area contributed by atoms with E-state index in [1.807, 2.05) is 13.8 Å². The Hall–Kier alpha value is -0.980. The quantitative estimate of drug-likeness (QED) is 0.760. The molecular formula is C13H18BrFN2O2. The molecule has 0 aromatic heterocycles. The van der Waals surface area contributed by atoms with Crippen LogP contribution >= 0.6 is 15.9 Å². The zero-order chi connectivity index (χ0) is 14.6. The van der Waals surface area contributed by atoms with E-state index in [1.54, 1.807) is 12.1 Å². The molecule has 1 aromatic carbocycles. The summed E-state index contributed by atoms with van der Waals surface area (Å²) in [4.78, 5) is 11.5. The van der Waals surface area contributed by atoms with Gasteiger partial charge in [0.05, 0.1) is 0 Å². The molecule has 0 heterocycles. The molecule has 0 saturated heterocycles. The first-order valence-electron chi connectivity index (χ1n) is 5.89. The third kappa shape index (κ3) is 4.26. The molecule has 1 rings (SSSR count). The van der Waals surface area contributed by atoms with Crippen molar-refractivity contribution in [2.24, 2.45) is 5.73 Å². The number of nitrogens with one attached hydrogen (secondary N) is 1. The molecule has 19 heavy (non-hydrogen) atoms. The Kier molecular flexibility index (Phi) is 5.46. The monoisotopic (exact) mass is 332 g/mol. The van der Waals surface area contributed by atoms with E-state index >= 15 is 0 Å². The molecule has 6 heteroatoms. The zero-order valence-electron chi connectivity index (χ0n) is 10.9. The topological polar surface area (TPSA) is 75.3 Å². The average Bonchev–Trinajstić information content (AvgIpc) is 2.37. The largest absolute Gasteiger partial charge is 0.382 e. The number of rotatable bonds is 5. The predicted octanol–water partition coefficient (Wildman–Crippen LogP) is 1.30. The van der Waals surface area contributed by atoms with Crippen LogP contribution in [-0.2, 0) is 10.2 Å². The molecule has 1 amide bonds. The lowest BCUT2D eigenvalue weighted by Gasteiger charge is -2.26. The van der Waals surface area contributed by atoms with Crippen LogP contribution in [0.1, 0.15) is 19.4 Å². The van der Waals surface area contributed by atoms with Crippen molar-refractivity contribution >= 4 is 21.8 Å². The zero-order valence-corrected chi connectivity index (χ0v) is 12.5. The van der Waals surface area contributed by atoms with E-state index in [4.69, 9.17) is 5.73 Å². The maximum Gasteiger partial charge on any atom is 0.250 e. The van der Waals surface area contributed by atoms with E-state index in [0.717, 1.165) is 4.47 Å². The summed E-state index contributed by atoms with van der Waals surface area (Å²) >= 11 is 3.29. The van der Waals surface area contributed by atoms with Crippen LogP contribution in [0.3, 0.4) is 0 Å². The van der Waals surface area contributed by atoms with E-state index in [9.17, 15) is 14.3 Å². The van der Waals surface area contributed by atoms with Crippen LogP contribution in [0.4, 0.5) is 4.39 Å². The van der Waals surface area contributed by atoms with Gasteiger partial charge in [0.25, 0.3) is 0 Å². The number of carbonyl (C=O) groups excluding carboxylic acids is 1. The molecule has 106 valence electrons. The Labute approximate surface area is 120 Å². The van der Waals surface area contributed by atoms with Gasteiger partial charge in [-0.2, -0.15) is 0 Å². The van der Waals surface area contributed by atoms with E-state index in [-0.39, 0.29) is 18.9 Å². The van der Waals surface area contributed by atoms with Crippen molar-refractivity contribution in [3.05, 3.63) is 34.1 Å². The van der Waals surface area contributed by atoms with Gasteiger partial charge in [0.2, 0.25) is 5.91 Å². The minimum Gasteiger partial charge on any atom is -0.382 e. The van der Waals surface area contributed by atoms with Crippen molar-refractivity contribution in [2.45, 2.75) is 25.4 Å². The van der Waals surface area contributed by atoms with Gasteiger partial charge in [0, 0.05) is 23.0 Å². The number of benzene rings is 1. The van der Waals surface area contributed by atoms with Crippen molar-refractivity contribution < 1.29 is 14.3 Å². The van der Waals surface area contributed by atoms with Gasteiger partial charge in [-0.1, -0.05) is 29.8 Å².